The lowest BCUT2D eigenvalue weighted by Gasteiger charge is -2.33. The van der Waals surface area contributed by atoms with E-state index in [2.05, 4.69) is 72.8 Å². The van der Waals surface area contributed by atoms with Gasteiger partial charge in [0.05, 0.1) is 5.41 Å². The van der Waals surface area contributed by atoms with Crippen LogP contribution in [0.1, 0.15) is 22.3 Å². The lowest BCUT2D eigenvalue weighted by atomic mass is 9.68. The molecule has 0 spiro atoms. The molecule has 1 aliphatic rings. The highest BCUT2D eigenvalue weighted by molar-refractivity contribution is 6.17. The van der Waals surface area contributed by atoms with Crippen LogP contribution < -0.4 is 4.65 Å². The van der Waals surface area contributed by atoms with Gasteiger partial charge in [-0.2, -0.15) is 0 Å². The summed E-state index contributed by atoms with van der Waals surface area (Å²) in [5, 5.41) is 9.32. The molecule has 0 fully saturated rings. The van der Waals surface area contributed by atoms with E-state index in [-0.39, 0.29) is 0 Å². The minimum atomic E-state index is -0.441. The highest BCUT2D eigenvalue weighted by Crippen LogP contribution is 2.58. The van der Waals surface area contributed by atoms with Crippen molar-refractivity contribution in [2.45, 2.75) is 5.41 Å². The molecule has 5 rings (SSSR count). The molecule has 1 N–H and O–H groups in total. The van der Waals surface area contributed by atoms with E-state index < -0.39 is 5.41 Å². The summed E-state index contributed by atoms with van der Waals surface area (Å²) in [4.78, 5) is 0. The van der Waals surface area contributed by atoms with E-state index in [4.69, 9.17) is 4.65 Å². The Morgan fingerprint density at radius 2 is 1.18 bits per heavy atom. The number of benzene rings is 4. The quantitative estimate of drug-likeness (QED) is 0.459. The van der Waals surface area contributed by atoms with Gasteiger partial charge in [-0.05, 0) is 33.9 Å². The van der Waals surface area contributed by atoms with E-state index in [1.807, 2.05) is 30.3 Å². The van der Waals surface area contributed by atoms with Gasteiger partial charge in [-0.3, -0.25) is 0 Å². The molecule has 4 aromatic rings. The van der Waals surface area contributed by atoms with Crippen LogP contribution in [0.3, 0.4) is 0 Å². The predicted octanol–water partition coefficient (Wildman–Crippen LogP) is 4.96. The summed E-state index contributed by atoms with van der Waals surface area (Å²) in [5.41, 5.74) is 6.50. The Hall–Kier alpha value is -3.30. The van der Waals surface area contributed by atoms with Crippen molar-refractivity contribution in [3.05, 3.63) is 125 Å². The van der Waals surface area contributed by atoms with Crippen LogP contribution in [0.25, 0.3) is 11.1 Å². The van der Waals surface area contributed by atoms with Gasteiger partial charge >= 0.3 is 7.69 Å². The summed E-state index contributed by atoms with van der Waals surface area (Å²) < 4.78 is 5.50. The lowest BCUT2D eigenvalue weighted by molar-refractivity contribution is 0.454. The maximum absolute atomic E-state index is 9.32. The molecule has 2 nitrogen and oxygen atoms in total. The van der Waals surface area contributed by atoms with E-state index >= 15 is 0 Å². The normalized spacial score (nSPS) is 13.5. The summed E-state index contributed by atoms with van der Waals surface area (Å²) >= 11 is 0. The molecule has 0 saturated carbocycles. The summed E-state index contributed by atoms with van der Waals surface area (Å²) in [6.07, 6.45) is 0. The Morgan fingerprint density at radius 1 is 0.607 bits per heavy atom. The van der Waals surface area contributed by atoms with Gasteiger partial charge in [-0.25, -0.2) is 0 Å². The molecule has 0 heterocycles. The Labute approximate surface area is 165 Å². The van der Waals surface area contributed by atoms with Crippen molar-refractivity contribution >= 4 is 7.69 Å². The van der Waals surface area contributed by atoms with Crippen molar-refractivity contribution < 1.29 is 9.68 Å². The Morgan fingerprint density at radius 3 is 1.82 bits per heavy atom. The zero-order valence-electron chi connectivity index (χ0n) is 15.2. The standard InChI is InChI=1S/C25H18BO2/c27-26-28-23-17-9-16-22-24(23)20-14-7-8-15-21(20)25(22,18-10-3-1-4-11-18)19-12-5-2-6-13-19/h1-17,27H. The topological polar surface area (TPSA) is 29.5 Å². The molecule has 0 unspecified atom stereocenters. The van der Waals surface area contributed by atoms with Gasteiger partial charge in [0.15, 0.2) is 0 Å². The monoisotopic (exact) mass is 361 g/mol. The second kappa shape index (κ2) is 6.70. The maximum atomic E-state index is 9.32. The fourth-order valence-electron chi connectivity index (χ4n) is 4.61. The van der Waals surface area contributed by atoms with Gasteiger partial charge in [-0.1, -0.05) is 97.1 Å². The van der Waals surface area contributed by atoms with Crippen molar-refractivity contribution in [2.24, 2.45) is 0 Å². The van der Waals surface area contributed by atoms with E-state index in [0.717, 1.165) is 24.4 Å². The van der Waals surface area contributed by atoms with Crippen LogP contribution in [0.5, 0.6) is 5.75 Å². The van der Waals surface area contributed by atoms with Crippen molar-refractivity contribution in [1.29, 1.82) is 0 Å². The first kappa shape index (κ1) is 16.8. The van der Waals surface area contributed by atoms with Crippen LogP contribution in [0.15, 0.2) is 103 Å². The molecule has 1 aliphatic carbocycles. The minimum absolute atomic E-state index is 0.441. The first-order chi connectivity index (χ1) is 13.9. The molecular formula is C25H18BO2. The van der Waals surface area contributed by atoms with Gasteiger partial charge in [0.1, 0.15) is 5.75 Å². The number of fused-ring (bicyclic) bond motifs is 3. The van der Waals surface area contributed by atoms with Crippen LogP contribution >= 0.6 is 0 Å². The summed E-state index contributed by atoms with van der Waals surface area (Å²) in [7, 11) is 0.753. The Balaban J connectivity index is 1.96. The number of rotatable bonds is 4. The van der Waals surface area contributed by atoms with E-state index in [0.29, 0.717) is 5.75 Å². The molecule has 0 atom stereocenters. The van der Waals surface area contributed by atoms with Crippen LogP contribution in [0, 0.1) is 0 Å². The van der Waals surface area contributed by atoms with Crippen LogP contribution in [-0.2, 0) is 5.41 Å². The van der Waals surface area contributed by atoms with Crippen molar-refractivity contribution in [3.8, 4) is 16.9 Å². The molecule has 133 valence electrons. The Bertz CT molecular complexity index is 1080. The third-order valence-electron chi connectivity index (χ3n) is 5.62. The van der Waals surface area contributed by atoms with Gasteiger partial charge in [0, 0.05) is 5.56 Å². The third kappa shape index (κ3) is 2.27. The van der Waals surface area contributed by atoms with E-state index in [1.165, 1.54) is 16.7 Å². The molecule has 4 aromatic carbocycles. The molecule has 0 aliphatic heterocycles. The van der Waals surface area contributed by atoms with Crippen molar-refractivity contribution in [1.82, 2.24) is 0 Å². The summed E-state index contributed by atoms with van der Waals surface area (Å²) in [5.74, 6) is 0.654. The first-order valence-electron chi connectivity index (χ1n) is 9.34. The molecule has 3 heteroatoms. The summed E-state index contributed by atoms with van der Waals surface area (Å²) in [6.45, 7) is 0. The van der Waals surface area contributed by atoms with Crippen LogP contribution in [0.2, 0.25) is 0 Å². The Kier molecular flexibility index (Phi) is 4.03. The highest BCUT2D eigenvalue weighted by Gasteiger charge is 2.46. The average molecular weight is 361 g/mol. The van der Waals surface area contributed by atoms with Gasteiger partial charge in [0.2, 0.25) is 0 Å². The molecule has 0 saturated heterocycles. The zero-order valence-corrected chi connectivity index (χ0v) is 15.2. The van der Waals surface area contributed by atoms with Crippen LogP contribution in [-0.4, -0.2) is 12.7 Å². The molecule has 1 radical (unpaired) electrons. The minimum Gasteiger partial charge on any atom is -0.537 e. The van der Waals surface area contributed by atoms with Crippen molar-refractivity contribution in [2.75, 3.05) is 0 Å². The SMILES string of the molecule is O[B]Oc1cccc2c1-c1ccccc1C2(c1ccccc1)c1ccccc1. The van der Waals surface area contributed by atoms with E-state index in [1.54, 1.807) is 0 Å². The molecule has 0 aromatic heterocycles. The van der Waals surface area contributed by atoms with Crippen molar-refractivity contribution in [3.63, 3.8) is 0 Å². The second-order valence-corrected chi connectivity index (χ2v) is 6.93. The van der Waals surface area contributed by atoms with E-state index in [9.17, 15) is 5.02 Å². The average Bonchev–Trinajstić information content (AvgIpc) is 3.07. The largest absolute Gasteiger partial charge is 0.569 e. The van der Waals surface area contributed by atoms with Gasteiger partial charge in [-0.15, -0.1) is 0 Å². The molecular weight excluding hydrogens is 343 g/mol. The third-order valence-corrected chi connectivity index (χ3v) is 5.62. The lowest BCUT2D eigenvalue weighted by Crippen LogP contribution is -2.28. The molecule has 0 amide bonds. The summed E-state index contributed by atoms with van der Waals surface area (Å²) in [6, 6.07) is 35.7. The van der Waals surface area contributed by atoms with Gasteiger partial charge < -0.3 is 9.68 Å². The predicted molar refractivity (Wildman–Crippen MR) is 112 cm³/mol. The molecule has 28 heavy (non-hydrogen) atoms. The first-order valence-corrected chi connectivity index (χ1v) is 9.34. The zero-order chi connectivity index (χ0) is 19.0. The fraction of sp³-hybridized carbons (Fsp3) is 0.0400. The second-order valence-electron chi connectivity index (χ2n) is 6.93. The molecule has 0 bridgehead atoms. The highest BCUT2D eigenvalue weighted by atomic mass is 16.5. The fourth-order valence-corrected chi connectivity index (χ4v) is 4.61. The smallest absolute Gasteiger partial charge is 0.537 e. The van der Waals surface area contributed by atoms with Gasteiger partial charge in [0.25, 0.3) is 0 Å². The number of hydrogen-bond acceptors (Lipinski definition) is 2. The van der Waals surface area contributed by atoms with Crippen LogP contribution in [0.4, 0.5) is 0 Å². The number of hydrogen-bond donors (Lipinski definition) is 1. The maximum Gasteiger partial charge on any atom is 0.569 e.